The minimum Gasteiger partial charge on any atom is -0.462 e. The van der Waals surface area contributed by atoms with Gasteiger partial charge in [0.1, 0.15) is 0 Å². The molecule has 0 saturated heterocycles. The van der Waals surface area contributed by atoms with E-state index in [9.17, 15) is 4.79 Å². The molecule has 5 heteroatoms. The van der Waals surface area contributed by atoms with E-state index in [-0.39, 0.29) is 5.97 Å². The van der Waals surface area contributed by atoms with Gasteiger partial charge in [-0.2, -0.15) is 5.26 Å². The van der Waals surface area contributed by atoms with Gasteiger partial charge in [0, 0.05) is 30.2 Å². The summed E-state index contributed by atoms with van der Waals surface area (Å²) in [5.74, 6) is -0.346. The van der Waals surface area contributed by atoms with Crippen LogP contribution in [0.4, 0.5) is 0 Å². The number of nitrogens with zero attached hydrogens (tertiary/aromatic N) is 3. The lowest BCUT2D eigenvalue weighted by Gasteiger charge is -2.13. The first-order valence-corrected chi connectivity index (χ1v) is 9.94. The Kier molecular flexibility index (Phi) is 6.48. The van der Waals surface area contributed by atoms with Gasteiger partial charge in [-0.1, -0.05) is 24.3 Å². The fourth-order valence-electron chi connectivity index (χ4n) is 3.62. The van der Waals surface area contributed by atoms with E-state index in [1.165, 1.54) is 0 Å². The van der Waals surface area contributed by atoms with Gasteiger partial charge >= 0.3 is 5.97 Å². The molecular formula is C25H25N3O2. The molecular weight excluding hydrogens is 374 g/mol. The molecule has 0 amide bonds. The number of benzene rings is 1. The molecule has 0 spiro atoms. The van der Waals surface area contributed by atoms with Gasteiger partial charge in [-0.15, -0.1) is 0 Å². The van der Waals surface area contributed by atoms with E-state index < -0.39 is 0 Å². The Morgan fingerprint density at radius 3 is 2.57 bits per heavy atom. The number of pyridine rings is 1. The number of aromatic nitrogens is 2. The summed E-state index contributed by atoms with van der Waals surface area (Å²) < 4.78 is 7.59. The van der Waals surface area contributed by atoms with Crippen LogP contribution in [0.3, 0.4) is 0 Å². The number of esters is 1. The van der Waals surface area contributed by atoms with E-state index in [1.807, 2.05) is 57.3 Å². The second kappa shape index (κ2) is 9.23. The Bertz CT molecular complexity index is 1120. The van der Waals surface area contributed by atoms with Gasteiger partial charge in [-0.25, -0.2) is 4.79 Å². The maximum Gasteiger partial charge on any atom is 0.340 e. The van der Waals surface area contributed by atoms with Crippen molar-refractivity contribution in [2.24, 2.45) is 0 Å². The lowest BCUT2D eigenvalue weighted by atomic mass is 9.97. The van der Waals surface area contributed by atoms with Crippen molar-refractivity contribution in [1.29, 1.82) is 5.26 Å². The maximum absolute atomic E-state index is 13.1. The number of rotatable bonds is 6. The first kappa shape index (κ1) is 21.1. The number of carbonyl (C=O) groups is 1. The number of allylic oxidation sites excluding steroid dienone is 2. The van der Waals surface area contributed by atoms with Crippen LogP contribution in [0.25, 0.3) is 16.7 Å². The molecule has 0 atom stereocenters. The van der Waals surface area contributed by atoms with Crippen LogP contribution in [0.15, 0.2) is 54.9 Å². The average Bonchev–Trinajstić information content (AvgIpc) is 3.06. The Balaban J connectivity index is 2.31. The second-order valence-corrected chi connectivity index (χ2v) is 7.01. The minimum atomic E-state index is -0.346. The van der Waals surface area contributed by atoms with Crippen molar-refractivity contribution >= 4 is 11.5 Å². The summed E-state index contributed by atoms with van der Waals surface area (Å²) in [7, 11) is 0. The Morgan fingerprint density at radius 1 is 1.27 bits per heavy atom. The molecule has 0 fully saturated rings. The molecule has 0 aliphatic carbocycles. The Morgan fingerprint density at radius 2 is 2.00 bits per heavy atom. The van der Waals surface area contributed by atoms with Crippen molar-refractivity contribution in [2.45, 2.75) is 34.2 Å². The summed E-state index contributed by atoms with van der Waals surface area (Å²) in [6, 6.07) is 13.4. The minimum absolute atomic E-state index is 0.298. The molecule has 2 aromatic heterocycles. The molecule has 0 saturated carbocycles. The molecule has 0 unspecified atom stereocenters. The van der Waals surface area contributed by atoms with Crippen LogP contribution in [0, 0.1) is 18.3 Å². The van der Waals surface area contributed by atoms with Crippen LogP contribution in [0.5, 0.6) is 0 Å². The largest absolute Gasteiger partial charge is 0.462 e. The van der Waals surface area contributed by atoms with Gasteiger partial charge in [-0.3, -0.25) is 4.98 Å². The topological polar surface area (TPSA) is 67.9 Å². The highest BCUT2D eigenvalue weighted by molar-refractivity contribution is 6.03. The Hall–Kier alpha value is -3.65. The highest BCUT2D eigenvalue weighted by Gasteiger charge is 2.28. The zero-order valence-electron chi connectivity index (χ0n) is 17.8. The van der Waals surface area contributed by atoms with E-state index in [2.05, 4.69) is 15.6 Å². The molecule has 0 N–H and O–H groups in total. The third kappa shape index (κ3) is 4.04. The van der Waals surface area contributed by atoms with Gasteiger partial charge < -0.3 is 9.30 Å². The molecule has 5 nitrogen and oxygen atoms in total. The molecule has 1 aromatic carbocycles. The summed E-state index contributed by atoms with van der Waals surface area (Å²) in [6.07, 6.45) is 5.58. The smallest absolute Gasteiger partial charge is 0.340 e. The number of carbonyl (C=O) groups excluding carboxylic acids is 1. The fourth-order valence-corrected chi connectivity index (χ4v) is 3.62. The quantitative estimate of drug-likeness (QED) is 0.522. The molecule has 3 aromatic rings. The molecule has 0 aliphatic rings. The highest BCUT2D eigenvalue weighted by Crippen LogP contribution is 2.37. The SMILES string of the molecule is C/C=C(\C)c1c(C(=O)OCC)c(-c2ccc(C#N)cc2)c(C)n1Cc1cccnc1. The van der Waals surface area contributed by atoms with Crippen LogP contribution in [0.2, 0.25) is 0 Å². The zero-order valence-corrected chi connectivity index (χ0v) is 17.8. The van der Waals surface area contributed by atoms with Crippen LogP contribution in [-0.2, 0) is 11.3 Å². The first-order chi connectivity index (χ1) is 14.5. The maximum atomic E-state index is 13.1. The van der Waals surface area contributed by atoms with Crippen LogP contribution >= 0.6 is 0 Å². The van der Waals surface area contributed by atoms with Gasteiger partial charge in [-0.05, 0) is 62.6 Å². The van der Waals surface area contributed by atoms with Crippen LogP contribution < -0.4 is 0 Å². The number of nitriles is 1. The summed E-state index contributed by atoms with van der Waals surface area (Å²) >= 11 is 0. The van der Waals surface area contributed by atoms with Crippen molar-refractivity contribution in [2.75, 3.05) is 6.61 Å². The summed E-state index contributed by atoms with van der Waals surface area (Å²) in [5, 5.41) is 9.14. The van der Waals surface area contributed by atoms with Gasteiger partial charge in [0.05, 0.1) is 29.5 Å². The number of hydrogen-bond donors (Lipinski definition) is 0. The second-order valence-electron chi connectivity index (χ2n) is 7.01. The molecule has 3 rings (SSSR count). The van der Waals surface area contributed by atoms with Crippen molar-refractivity contribution < 1.29 is 9.53 Å². The van der Waals surface area contributed by atoms with Gasteiger partial charge in [0.2, 0.25) is 0 Å². The summed E-state index contributed by atoms with van der Waals surface area (Å²) in [6.45, 7) is 8.66. The predicted octanol–water partition coefficient (Wildman–Crippen LogP) is 5.38. The number of hydrogen-bond acceptors (Lipinski definition) is 4. The van der Waals surface area contributed by atoms with Crippen molar-refractivity contribution in [1.82, 2.24) is 9.55 Å². The van der Waals surface area contributed by atoms with E-state index >= 15 is 0 Å². The van der Waals surface area contributed by atoms with E-state index in [0.29, 0.717) is 24.3 Å². The molecule has 152 valence electrons. The third-order valence-corrected chi connectivity index (χ3v) is 5.18. The zero-order chi connectivity index (χ0) is 21.7. The summed E-state index contributed by atoms with van der Waals surface area (Å²) in [4.78, 5) is 17.3. The van der Waals surface area contributed by atoms with Gasteiger partial charge in [0.25, 0.3) is 0 Å². The normalized spacial score (nSPS) is 11.2. The average molecular weight is 399 g/mol. The molecule has 0 aliphatic heterocycles. The first-order valence-electron chi connectivity index (χ1n) is 9.94. The fraction of sp³-hybridized carbons (Fsp3) is 0.240. The predicted molar refractivity (Wildman–Crippen MR) is 118 cm³/mol. The molecule has 2 heterocycles. The monoisotopic (exact) mass is 399 g/mol. The van der Waals surface area contributed by atoms with Crippen LogP contribution in [-0.4, -0.2) is 22.1 Å². The molecule has 0 bridgehead atoms. The Labute approximate surface area is 177 Å². The van der Waals surface area contributed by atoms with E-state index in [4.69, 9.17) is 10.00 Å². The van der Waals surface area contributed by atoms with Crippen molar-refractivity contribution in [3.8, 4) is 17.2 Å². The summed E-state index contributed by atoms with van der Waals surface area (Å²) in [5.41, 5.74) is 6.68. The van der Waals surface area contributed by atoms with E-state index in [0.717, 1.165) is 33.7 Å². The highest BCUT2D eigenvalue weighted by atomic mass is 16.5. The molecule has 0 radical (unpaired) electrons. The number of ether oxygens (including phenoxy) is 1. The van der Waals surface area contributed by atoms with Crippen LogP contribution in [0.1, 0.15) is 53.6 Å². The molecule has 30 heavy (non-hydrogen) atoms. The lowest BCUT2D eigenvalue weighted by Crippen LogP contribution is -2.10. The van der Waals surface area contributed by atoms with E-state index in [1.54, 1.807) is 25.3 Å². The van der Waals surface area contributed by atoms with Crippen molar-refractivity contribution in [3.63, 3.8) is 0 Å². The standard InChI is InChI=1S/C25H25N3O2/c1-5-17(3)24-23(25(29)30-6-2)22(21-11-9-19(14-26)10-12-21)18(4)28(24)16-20-8-7-13-27-15-20/h5,7-13,15H,6,16H2,1-4H3/b17-5+. The van der Waals surface area contributed by atoms with Crippen molar-refractivity contribution in [3.05, 3.63) is 82.9 Å². The van der Waals surface area contributed by atoms with Gasteiger partial charge in [0.15, 0.2) is 0 Å². The third-order valence-electron chi connectivity index (χ3n) is 5.18. The lowest BCUT2D eigenvalue weighted by molar-refractivity contribution is 0.0527.